The van der Waals surface area contributed by atoms with Crippen LogP contribution in [0.3, 0.4) is 0 Å². The van der Waals surface area contributed by atoms with E-state index in [1.807, 2.05) is 0 Å². The van der Waals surface area contributed by atoms with Gasteiger partial charge in [0.15, 0.2) is 0 Å². The normalized spacial score (nSPS) is 49.9. The maximum Gasteiger partial charge on any atom is -0.00178 e. The maximum absolute atomic E-state index is 3.56. The highest BCUT2D eigenvalue weighted by Gasteiger charge is 2.49. The van der Waals surface area contributed by atoms with Crippen LogP contribution >= 0.6 is 0 Å². The first-order chi connectivity index (χ1) is 6.88. The van der Waals surface area contributed by atoms with Crippen LogP contribution < -0.4 is 5.32 Å². The Morgan fingerprint density at radius 2 is 1.86 bits per heavy atom. The van der Waals surface area contributed by atoms with Crippen LogP contribution in [0, 0.1) is 29.6 Å². The van der Waals surface area contributed by atoms with Crippen molar-refractivity contribution in [1.82, 2.24) is 5.32 Å². The van der Waals surface area contributed by atoms with Gasteiger partial charge in [0, 0.05) is 0 Å². The minimum atomic E-state index is 1.04. The van der Waals surface area contributed by atoms with Gasteiger partial charge < -0.3 is 5.32 Å². The molecular formula is C13H23N. The number of fused-ring (bicyclic) bond motifs is 2. The maximum atomic E-state index is 3.56. The van der Waals surface area contributed by atoms with Crippen molar-refractivity contribution < 1.29 is 0 Å². The van der Waals surface area contributed by atoms with Crippen LogP contribution in [-0.4, -0.2) is 13.1 Å². The summed E-state index contributed by atoms with van der Waals surface area (Å²) in [6, 6.07) is 0. The fourth-order valence-electron chi connectivity index (χ4n) is 4.60. The molecule has 5 atom stereocenters. The van der Waals surface area contributed by atoms with Crippen molar-refractivity contribution in [3.63, 3.8) is 0 Å². The van der Waals surface area contributed by atoms with E-state index in [4.69, 9.17) is 0 Å². The van der Waals surface area contributed by atoms with E-state index in [0.29, 0.717) is 0 Å². The molecule has 0 aromatic carbocycles. The lowest BCUT2D eigenvalue weighted by atomic mass is 9.50. The fourth-order valence-corrected chi connectivity index (χ4v) is 4.60. The minimum absolute atomic E-state index is 1.04. The summed E-state index contributed by atoms with van der Waals surface area (Å²) in [5.74, 6) is 5.54. The number of hydrogen-bond acceptors (Lipinski definition) is 1. The van der Waals surface area contributed by atoms with Gasteiger partial charge >= 0.3 is 0 Å². The Balaban J connectivity index is 1.68. The summed E-state index contributed by atoms with van der Waals surface area (Å²) in [6.45, 7) is 4.69. The van der Waals surface area contributed by atoms with Gasteiger partial charge in [-0.2, -0.15) is 0 Å². The second-order valence-corrected chi connectivity index (χ2v) is 5.80. The summed E-state index contributed by atoms with van der Waals surface area (Å²) in [6.07, 6.45) is 7.87. The van der Waals surface area contributed by atoms with Crippen LogP contribution in [0.5, 0.6) is 0 Å². The molecule has 5 fully saturated rings. The van der Waals surface area contributed by atoms with Crippen molar-refractivity contribution in [2.45, 2.75) is 39.0 Å². The molecule has 5 aliphatic carbocycles. The Kier molecular flexibility index (Phi) is 2.31. The van der Waals surface area contributed by atoms with Crippen molar-refractivity contribution in [2.75, 3.05) is 13.1 Å². The first-order valence-electron chi connectivity index (χ1n) is 6.59. The highest BCUT2D eigenvalue weighted by Crippen LogP contribution is 2.57. The third kappa shape index (κ3) is 1.32. The smallest absolute Gasteiger partial charge is 0.00178 e. The van der Waals surface area contributed by atoms with Crippen molar-refractivity contribution in [3.8, 4) is 0 Å². The van der Waals surface area contributed by atoms with Crippen LogP contribution in [0.25, 0.3) is 0 Å². The molecule has 1 nitrogen and oxygen atoms in total. The number of hydrogen-bond donors (Lipinski definition) is 1. The van der Waals surface area contributed by atoms with Gasteiger partial charge in [-0.1, -0.05) is 6.92 Å². The third-order valence-corrected chi connectivity index (χ3v) is 5.23. The molecule has 5 rings (SSSR count). The van der Waals surface area contributed by atoms with E-state index in [-0.39, 0.29) is 0 Å². The zero-order chi connectivity index (χ0) is 9.54. The molecule has 0 spiro atoms. The summed E-state index contributed by atoms with van der Waals surface area (Å²) in [7, 11) is 0. The average Bonchev–Trinajstić information content (AvgIpc) is 2.26. The predicted molar refractivity (Wildman–Crippen MR) is 59.1 cm³/mol. The third-order valence-electron chi connectivity index (χ3n) is 5.23. The fraction of sp³-hybridized carbons (Fsp3) is 1.00. The predicted octanol–water partition coefficient (Wildman–Crippen LogP) is 2.67. The largest absolute Gasteiger partial charge is 0.317 e. The second-order valence-electron chi connectivity index (χ2n) is 5.80. The number of nitrogens with one attached hydrogen (secondary N) is 1. The highest BCUT2D eigenvalue weighted by molar-refractivity contribution is 5.00. The molecule has 80 valence electrons. The molecule has 5 aliphatic rings. The summed E-state index contributed by atoms with van der Waals surface area (Å²) >= 11 is 0. The molecule has 5 saturated carbocycles. The lowest BCUT2D eigenvalue weighted by Gasteiger charge is -2.56. The van der Waals surface area contributed by atoms with E-state index in [1.165, 1.54) is 6.54 Å². The van der Waals surface area contributed by atoms with Crippen LogP contribution in [-0.2, 0) is 0 Å². The zero-order valence-electron chi connectivity index (χ0n) is 9.34. The summed E-state index contributed by atoms with van der Waals surface area (Å²) in [5, 5.41) is 3.56. The molecule has 0 heterocycles. The van der Waals surface area contributed by atoms with Gasteiger partial charge in [-0.15, -0.1) is 0 Å². The molecule has 0 aliphatic heterocycles. The summed E-state index contributed by atoms with van der Waals surface area (Å²) in [4.78, 5) is 0. The Bertz CT molecular complexity index is 213. The molecule has 4 bridgehead atoms. The van der Waals surface area contributed by atoms with Crippen molar-refractivity contribution in [3.05, 3.63) is 0 Å². The molecule has 0 aromatic rings. The topological polar surface area (TPSA) is 12.0 Å². The lowest BCUT2D eigenvalue weighted by molar-refractivity contribution is -0.0577. The summed E-state index contributed by atoms with van der Waals surface area (Å²) in [5.41, 5.74) is 0. The quantitative estimate of drug-likeness (QED) is 0.726. The molecule has 1 N–H and O–H groups in total. The molecule has 0 aromatic heterocycles. The molecule has 1 heteroatoms. The Morgan fingerprint density at radius 1 is 1.00 bits per heavy atom. The van der Waals surface area contributed by atoms with E-state index in [9.17, 15) is 0 Å². The second kappa shape index (κ2) is 3.52. The van der Waals surface area contributed by atoms with Crippen LogP contribution in [0.2, 0.25) is 0 Å². The Labute approximate surface area is 87.7 Å². The van der Waals surface area contributed by atoms with E-state index in [0.717, 1.165) is 36.1 Å². The van der Waals surface area contributed by atoms with Gasteiger partial charge in [0.1, 0.15) is 0 Å². The van der Waals surface area contributed by atoms with E-state index in [2.05, 4.69) is 12.2 Å². The van der Waals surface area contributed by atoms with Crippen LogP contribution in [0.4, 0.5) is 0 Å². The standard InChI is InChI=1S/C13H23N/c1-2-14-8-12-6-11-5-10-4-3-9(11)7-13(10)12/h9-14H,2-8H2,1H3/t9-,10-,11+,12-,13-/m1/s1. The highest BCUT2D eigenvalue weighted by atomic mass is 14.9. The number of rotatable bonds is 3. The van der Waals surface area contributed by atoms with Gasteiger partial charge in [-0.25, -0.2) is 0 Å². The molecule has 0 amide bonds. The van der Waals surface area contributed by atoms with Crippen LogP contribution in [0.1, 0.15) is 39.0 Å². The Morgan fingerprint density at radius 3 is 2.50 bits per heavy atom. The van der Waals surface area contributed by atoms with Crippen molar-refractivity contribution in [2.24, 2.45) is 29.6 Å². The first kappa shape index (κ1) is 9.21. The van der Waals surface area contributed by atoms with Gasteiger partial charge in [-0.05, 0) is 74.8 Å². The van der Waals surface area contributed by atoms with Gasteiger partial charge in [0.25, 0.3) is 0 Å². The molecular weight excluding hydrogens is 170 g/mol. The molecule has 0 radical (unpaired) electrons. The average molecular weight is 193 g/mol. The van der Waals surface area contributed by atoms with Crippen molar-refractivity contribution >= 4 is 0 Å². The van der Waals surface area contributed by atoms with Crippen LogP contribution in [0.15, 0.2) is 0 Å². The summed E-state index contributed by atoms with van der Waals surface area (Å²) < 4.78 is 0. The SMILES string of the molecule is CCNC[C@H]1C[C@@H]2C[C@H]3CC[C@@H]2C[C@H]31. The lowest BCUT2D eigenvalue weighted by Crippen LogP contribution is -2.49. The minimum Gasteiger partial charge on any atom is -0.317 e. The molecule has 14 heavy (non-hydrogen) atoms. The first-order valence-corrected chi connectivity index (χ1v) is 6.59. The van der Waals surface area contributed by atoms with E-state index in [1.54, 1.807) is 32.1 Å². The van der Waals surface area contributed by atoms with Gasteiger partial charge in [0.05, 0.1) is 0 Å². The van der Waals surface area contributed by atoms with E-state index >= 15 is 0 Å². The molecule has 0 unspecified atom stereocenters. The van der Waals surface area contributed by atoms with Crippen molar-refractivity contribution in [1.29, 1.82) is 0 Å². The van der Waals surface area contributed by atoms with Gasteiger partial charge in [0.2, 0.25) is 0 Å². The zero-order valence-corrected chi connectivity index (χ0v) is 9.34. The molecule has 0 saturated heterocycles. The Hall–Kier alpha value is -0.0400. The van der Waals surface area contributed by atoms with Gasteiger partial charge in [-0.3, -0.25) is 0 Å². The van der Waals surface area contributed by atoms with E-state index < -0.39 is 0 Å². The monoisotopic (exact) mass is 193 g/mol.